The van der Waals surface area contributed by atoms with E-state index in [0.717, 1.165) is 12.0 Å². The third kappa shape index (κ3) is 3.80. The Labute approximate surface area is 90.6 Å². The van der Waals surface area contributed by atoms with Crippen molar-refractivity contribution in [1.29, 1.82) is 0 Å². The van der Waals surface area contributed by atoms with Gasteiger partial charge in [-0.2, -0.15) is 0 Å². The van der Waals surface area contributed by atoms with E-state index in [1.54, 1.807) is 6.07 Å². The smallest absolute Gasteiger partial charge is 0.123 e. The molecule has 0 spiro atoms. The van der Waals surface area contributed by atoms with Crippen LogP contribution in [0.25, 0.3) is 0 Å². The van der Waals surface area contributed by atoms with Crippen LogP contribution < -0.4 is 4.74 Å². The fourth-order valence-electron chi connectivity index (χ4n) is 1.30. The first-order chi connectivity index (χ1) is 7.27. The van der Waals surface area contributed by atoms with Gasteiger partial charge in [0.05, 0.1) is 6.61 Å². The number of hydrogen-bond donors (Lipinski definition) is 1. The van der Waals surface area contributed by atoms with Crippen LogP contribution in [0.15, 0.2) is 18.2 Å². The Hall–Kier alpha value is -1.22. The molecule has 3 nitrogen and oxygen atoms in total. The minimum atomic E-state index is 0.298. The molecule has 3 heteroatoms. The molecule has 0 heterocycles. The van der Waals surface area contributed by atoms with Crippen LogP contribution in [0.4, 0.5) is 0 Å². The van der Waals surface area contributed by atoms with Crippen LogP contribution in [0.2, 0.25) is 0 Å². The quantitative estimate of drug-likeness (QED) is 0.732. The predicted octanol–water partition coefficient (Wildman–Crippen LogP) is 2.37. The van der Waals surface area contributed by atoms with Crippen molar-refractivity contribution in [1.82, 2.24) is 0 Å². The maximum Gasteiger partial charge on any atom is 0.123 e. The molecule has 0 radical (unpaired) electrons. The van der Waals surface area contributed by atoms with Gasteiger partial charge >= 0.3 is 0 Å². The molecule has 0 aromatic heterocycles. The monoisotopic (exact) mass is 210 g/mol. The first-order valence-corrected chi connectivity index (χ1v) is 5.30. The van der Waals surface area contributed by atoms with Gasteiger partial charge in [-0.1, -0.05) is 13.0 Å². The zero-order chi connectivity index (χ0) is 11.1. The Kier molecular flexibility index (Phi) is 4.98. The van der Waals surface area contributed by atoms with E-state index in [1.165, 1.54) is 0 Å². The molecular formula is C12H18O3. The second kappa shape index (κ2) is 6.30. The van der Waals surface area contributed by atoms with Gasteiger partial charge in [0.15, 0.2) is 0 Å². The highest BCUT2D eigenvalue weighted by Crippen LogP contribution is 2.23. The standard InChI is InChI=1S/C12H18O3/c1-3-10-5-6-11(9-12(10)13)15-8-7-14-4-2/h5-6,9,13H,3-4,7-8H2,1-2H3. The van der Waals surface area contributed by atoms with E-state index in [0.29, 0.717) is 31.3 Å². The van der Waals surface area contributed by atoms with Crippen LogP contribution in [-0.2, 0) is 11.2 Å². The lowest BCUT2D eigenvalue weighted by Gasteiger charge is -2.08. The summed E-state index contributed by atoms with van der Waals surface area (Å²) in [7, 11) is 0. The number of hydrogen-bond acceptors (Lipinski definition) is 3. The predicted molar refractivity (Wildman–Crippen MR) is 59.5 cm³/mol. The molecule has 15 heavy (non-hydrogen) atoms. The number of aryl methyl sites for hydroxylation is 1. The normalized spacial score (nSPS) is 10.3. The van der Waals surface area contributed by atoms with Gasteiger partial charge < -0.3 is 14.6 Å². The lowest BCUT2D eigenvalue weighted by molar-refractivity contribution is 0.110. The van der Waals surface area contributed by atoms with Gasteiger partial charge in [-0.05, 0) is 25.0 Å². The topological polar surface area (TPSA) is 38.7 Å². The molecule has 0 aliphatic carbocycles. The van der Waals surface area contributed by atoms with E-state index in [9.17, 15) is 5.11 Å². The van der Waals surface area contributed by atoms with E-state index in [2.05, 4.69) is 0 Å². The Bertz CT molecular complexity index is 297. The van der Waals surface area contributed by atoms with Gasteiger partial charge in [-0.3, -0.25) is 0 Å². The van der Waals surface area contributed by atoms with Crippen LogP contribution >= 0.6 is 0 Å². The van der Waals surface area contributed by atoms with Gasteiger partial charge in [0.1, 0.15) is 18.1 Å². The van der Waals surface area contributed by atoms with E-state index in [1.807, 2.05) is 26.0 Å². The van der Waals surface area contributed by atoms with Crippen LogP contribution in [0.3, 0.4) is 0 Å². The molecule has 0 amide bonds. The van der Waals surface area contributed by atoms with Gasteiger partial charge in [0.25, 0.3) is 0 Å². The van der Waals surface area contributed by atoms with Crippen LogP contribution in [-0.4, -0.2) is 24.9 Å². The maximum atomic E-state index is 9.58. The summed E-state index contributed by atoms with van der Waals surface area (Å²) in [5.41, 5.74) is 0.937. The zero-order valence-electron chi connectivity index (χ0n) is 9.32. The highest BCUT2D eigenvalue weighted by atomic mass is 16.5. The molecule has 0 saturated carbocycles. The summed E-state index contributed by atoms with van der Waals surface area (Å²) < 4.78 is 10.5. The molecule has 1 N–H and O–H groups in total. The SMILES string of the molecule is CCOCCOc1ccc(CC)c(O)c1. The molecule has 0 bridgehead atoms. The summed E-state index contributed by atoms with van der Waals surface area (Å²) in [5.74, 6) is 0.982. The zero-order valence-corrected chi connectivity index (χ0v) is 9.32. The Balaban J connectivity index is 2.45. The van der Waals surface area contributed by atoms with Gasteiger partial charge in [0, 0.05) is 12.7 Å². The fourth-order valence-corrected chi connectivity index (χ4v) is 1.30. The summed E-state index contributed by atoms with van der Waals surface area (Å²) in [6, 6.07) is 5.39. The third-order valence-electron chi connectivity index (χ3n) is 2.14. The van der Waals surface area contributed by atoms with E-state index in [-0.39, 0.29) is 0 Å². The van der Waals surface area contributed by atoms with Crippen LogP contribution in [0.5, 0.6) is 11.5 Å². The Morgan fingerprint density at radius 2 is 2.00 bits per heavy atom. The van der Waals surface area contributed by atoms with Crippen molar-refractivity contribution in [2.24, 2.45) is 0 Å². The third-order valence-corrected chi connectivity index (χ3v) is 2.14. The lowest BCUT2D eigenvalue weighted by atomic mass is 10.1. The van der Waals surface area contributed by atoms with Gasteiger partial charge in [-0.25, -0.2) is 0 Å². The summed E-state index contributed by atoms with van der Waals surface area (Å²) in [6.45, 7) is 5.74. The fraction of sp³-hybridized carbons (Fsp3) is 0.500. The number of phenolic OH excluding ortho intramolecular Hbond substituents is 1. The first kappa shape index (κ1) is 11.9. The second-order valence-corrected chi connectivity index (χ2v) is 3.19. The van der Waals surface area contributed by atoms with E-state index >= 15 is 0 Å². The highest BCUT2D eigenvalue weighted by molar-refractivity contribution is 5.39. The largest absolute Gasteiger partial charge is 0.508 e. The summed E-state index contributed by atoms with van der Waals surface area (Å²) in [6.07, 6.45) is 0.824. The van der Waals surface area contributed by atoms with Gasteiger partial charge in [-0.15, -0.1) is 0 Å². The molecule has 0 aliphatic rings. The first-order valence-electron chi connectivity index (χ1n) is 5.30. The number of ether oxygens (including phenoxy) is 2. The molecule has 0 unspecified atom stereocenters. The van der Waals surface area contributed by atoms with Crippen molar-refractivity contribution in [3.8, 4) is 11.5 Å². The average molecular weight is 210 g/mol. The molecule has 0 fully saturated rings. The van der Waals surface area contributed by atoms with Crippen LogP contribution in [0.1, 0.15) is 19.4 Å². The van der Waals surface area contributed by atoms with E-state index in [4.69, 9.17) is 9.47 Å². The summed E-state index contributed by atoms with van der Waals surface area (Å²) >= 11 is 0. The molecule has 1 aromatic rings. The molecule has 0 aliphatic heterocycles. The number of phenols is 1. The Morgan fingerprint density at radius 3 is 2.60 bits per heavy atom. The molecule has 0 saturated heterocycles. The van der Waals surface area contributed by atoms with E-state index < -0.39 is 0 Å². The van der Waals surface area contributed by atoms with Crippen LogP contribution in [0, 0.1) is 0 Å². The van der Waals surface area contributed by atoms with Crippen molar-refractivity contribution in [3.05, 3.63) is 23.8 Å². The second-order valence-electron chi connectivity index (χ2n) is 3.19. The molecular weight excluding hydrogens is 192 g/mol. The summed E-state index contributed by atoms with van der Waals surface area (Å²) in [4.78, 5) is 0. The van der Waals surface area contributed by atoms with Crippen molar-refractivity contribution in [2.45, 2.75) is 20.3 Å². The molecule has 1 rings (SSSR count). The number of aromatic hydroxyl groups is 1. The number of rotatable bonds is 6. The highest BCUT2D eigenvalue weighted by Gasteiger charge is 2.01. The minimum Gasteiger partial charge on any atom is -0.508 e. The van der Waals surface area contributed by atoms with Crippen molar-refractivity contribution in [2.75, 3.05) is 19.8 Å². The van der Waals surface area contributed by atoms with Crippen molar-refractivity contribution < 1.29 is 14.6 Å². The summed E-state index contributed by atoms with van der Waals surface area (Å²) in [5, 5.41) is 9.58. The molecule has 0 atom stereocenters. The molecule has 84 valence electrons. The Morgan fingerprint density at radius 1 is 1.20 bits per heavy atom. The number of benzene rings is 1. The van der Waals surface area contributed by atoms with Crippen molar-refractivity contribution >= 4 is 0 Å². The lowest BCUT2D eigenvalue weighted by Crippen LogP contribution is -2.06. The van der Waals surface area contributed by atoms with Crippen molar-refractivity contribution in [3.63, 3.8) is 0 Å². The average Bonchev–Trinajstić information content (AvgIpc) is 2.25. The maximum absolute atomic E-state index is 9.58. The minimum absolute atomic E-state index is 0.298. The van der Waals surface area contributed by atoms with Gasteiger partial charge in [0.2, 0.25) is 0 Å². The molecule has 1 aromatic carbocycles.